The van der Waals surface area contributed by atoms with Crippen molar-refractivity contribution in [2.45, 2.75) is 45.1 Å². The summed E-state index contributed by atoms with van der Waals surface area (Å²) in [5.74, 6) is -0.0571. The highest BCUT2D eigenvalue weighted by Crippen LogP contribution is 2.27. The molecule has 1 saturated carbocycles. The van der Waals surface area contributed by atoms with E-state index in [4.69, 9.17) is 0 Å². The van der Waals surface area contributed by atoms with Crippen LogP contribution in [0.2, 0.25) is 0 Å². The summed E-state index contributed by atoms with van der Waals surface area (Å²) in [4.78, 5) is 37.8. The van der Waals surface area contributed by atoms with E-state index in [2.05, 4.69) is 10.6 Å². The fourth-order valence-electron chi connectivity index (χ4n) is 3.08. The maximum atomic E-state index is 12.3. The zero-order valence-corrected chi connectivity index (χ0v) is 15.2. The van der Waals surface area contributed by atoms with E-state index in [1.165, 1.54) is 17.7 Å². The van der Waals surface area contributed by atoms with E-state index < -0.39 is 6.04 Å². The molecule has 136 valence electrons. The second-order valence-corrected chi connectivity index (χ2v) is 6.91. The number of carbonyl (C=O) groups is 3. The van der Waals surface area contributed by atoms with Crippen LogP contribution in [0.3, 0.4) is 0 Å². The minimum Gasteiger partial charge on any atom is -0.345 e. The molecule has 0 aliphatic heterocycles. The number of nitrogens with one attached hydrogen (secondary N) is 2. The predicted octanol–water partition coefficient (Wildman–Crippen LogP) is 2.41. The lowest BCUT2D eigenvalue weighted by molar-refractivity contribution is -0.126. The van der Waals surface area contributed by atoms with Crippen molar-refractivity contribution in [1.29, 1.82) is 0 Å². The van der Waals surface area contributed by atoms with Gasteiger partial charge in [0, 0.05) is 31.8 Å². The van der Waals surface area contributed by atoms with Gasteiger partial charge in [-0.15, -0.1) is 0 Å². The van der Waals surface area contributed by atoms with Crippen LogP contribution in [-0.4, -0.2) is 42.8 Å². The van der Waals surface area contributed by atoms with Crippen LogP contribution in [0.4, 0.5) is 5.69 Å². The van der Waals surface area contributed by atoms with Crippen molar-refractivity contribution in [1.82, 2.24) is 10.2 Å². The van der Waals surface area contributed by atoms with Crippen LogP contribution in [-0.2, 0) is 9.59 Å². The largest absolute Gasteiger partial charge is 0.345 e. The summed E-state index contributed by atoms with van der Waals surface area (Å²) in [5.41, 5.74) is 1.04. The number of rotatable bonds is 6. The number of hydrogen-bond acceptors (Lipinski definition) is 3. The molecule has 0 radical (unpaired) electrons. The van der Waals surface area contributed by atoms with Crippen molar-refractivity contribution < 1.29 is 14.4 Å². The van der Waals surface area contributed by atoms with Crippen LogP contribution in [0.15, 0.2) is 24.3 Å². The molecule has 1 aliphatic rings. The molecule has 2 rings (SSSR count). The molecule has 0 heterocycles. The van der Waals surface area contributed by atoms with Gasteiger partial charge in [-0.3, -0.25) is 14.4 Å². The first-order valence-electron chi connectivity index (χ1n) is 8.78. The lowest BCUT2D eigenvalue weighted by Crippen LogP contribution is -2.42. The van der Waals surface area contributed by atoms with Gasteiger partial charge in [-0.1, -0.05) is 18.9 Å². The summed E-state index contributed by atoms with van der Waals surface area (Å²) in [6.45, 7) is 1.66. The third-order valence-electron chi connectivity index (χ3n) is 4.50. The van der Waals surface area contributed by atoms with Crippen LogP contribution < -0.4 is 10.6 Å². The highest BCUT2D eigenvalue weighted by atomic mass is 16.2. The molecule has 0 spiro atoms. The lowest BCUT2D eigenvalue weighted by Gasteiger charge is -2.16. The molecule has 6 heteroatoms. The molecule has 0 aromatic heterocycles. The average Bonchev–Trinajstić information content (AvgIpc) is 3.06. The monoisotopic (exact) mass is 345 g/mol. The maximum absolute atomic E-state index is 12.3. The van der Waals surface area contributed by atoms with Crippen molar-refractivity contribution in [3.63, 3.8) is 0 Å². The van der Waals surface area contributed by atoms with Crippen LogP contribution in [0.5, 0.6) is 0 Å². The van der Waals surface area contributed by atoms with Crippen molar-refractivity contribution >= 4 is 23.4 Å². The molecule has 1 atom stereocenters. The zero-order valence-electron chi connectivity index (χ0n) is 15.2. The summed E-state index contributed by atoms with van der Waals surface area (Å²) in [7, 11) is 3.35. The fourth-order valence-corrected chi connectivity index (χ4v) is 3.08. The van der Waals surface area contributed by atoms with Crippen LogP contribution >= 0.6 is 0 Å². The first-order chi connectivity index (χ1) is 11.9. The number of anilines is 1. The van der Waals surface area contributed by atoms with E-state index in [0.717, 1.165) is 12.8 Å². The van der Waals surface area contributed by atoms with E-state index in [0.29, 0.717) is 23.6 Å². The first-order valence-corrected chi connectivity index (χ1v) is 8.78. The zero-order chi connectivity index (χ0) is 18.4. The number of hydrogen-bond donors (Lipinski definition) is 2. The maximum Gasteiger partial charge on any atom is 0.253 e. The quantitative estimate of drug-likeness (QED) is 0.831. The van der Waals surface area contributed by atoms with Gasteiger partial charge in [0.2, 0.25) is 11.8 Å². The Hall–Kier alpha value is -2.37. The number of carbonyl (C=O) groups excluding carboxylic acids is 3. The number of benzene rings is 1. The van der Waals surface area contributed by atoms with E-state index in [-0.39, 0.29) is 17.7 Å². The smallest absolute Gasteiger partial charge is 0.253 e. The Morgan fingerprint density at radius 2 is 1.88 bits per heavy atom. The van der Waals surface area contributed by atoms with Gasteiger partial charge in [-0.05, 0) is 43.9 Å². The Labute approximate surface area is 149 Å². The second-order valence-electron chi connectivity index (χ2n) is 6.91. The van der Waals surface area contributed by atoms with Gasteiger partial charge in [0.15, 0.2) is 0 Å². The summed E-state index contributed by atoms with van der Waals surface area (Å²) >= 11 is 0. The molecule has 3 amide bonds. The van der Waals surface area contributed by atoms with E-state index >= 15 is 0 Å². The Morgan fingerprint density at radius 3 is 2.52 bits per heavy atom. The van der Waals surface area contributed by atoms with Crippen LogP contribution in [0.25, 0.3) is 0 Å². The summed E-state index contributed by atoms with van der Waals surface area (Å²) in [5, 5.41) is 5.51. The third kappa shape index (κ3) is 5.59. The van der Waals surface area contributed by atoms with E-state index in [1.54, 1.807) is 45.3 Å². The van der Waals surface area contributed by atoms with Gasteiger partial charge in [-0.2, -0.15) is 0 Å². The SMILES string of the molecule is CC(NC(=O)CC1CCCC1)C(=O)Nc1cccc(C(=O)N(C)C)c1. The minimum atomic E-state index is -0.623. The molecular formula is C19H27N3O3. The molecule has 1 aromatic carbocycles. The van der Waals surface area contributed by atoms with E-state index in [9.17, 15) is 14.4 Å². The van der Waals surface area contributed by atoms with Crippen molar-refractivity contribution in [2.75, 3.05) is 19.4 Å². The Bertz CT molecular complexity index is 637. The van der Waals surface area contributed by atoms with Gasteiger partial charge in [0.1, 0.15) is 6.04 Å². The standard InChI is InChI=1S/C19H27N3O3/c1-13(20-17(23)11-14-7-4-5-8-14)18(24)21-16-10-6-9-15(12-16)19(25)22(2)3/h6,9-10,12-14H,4-5,7-8,11H2,1-3H3,(H,20,23)(H,21,24). The highest BCUT2D eigenvalue weighted by Gasteiger charge is 2.21. The average molecular weight is 345 g/mol. The minimum absolute atomic E-state index is 0.0777. The van der Waals surface area contributed by atoms with Crippen molar-refractivity contribution in [3.8, 4) is 0 Å². The third-order valence-corrected chi connectivity index (χ3v) is 4.50. The molecule has 1 fully saturated rings. The molecule has 2 N–H and O–H groups in total. The fraction of sp³-hybridized carbons (Fsp3) is 0.526. The molecule has 6 nitrogen and oxygen atoms in total. The molecular weight excluding hydrogens is 318 g/mol. The molecule has 25 heavy (non-hydrogen) atoms. The van der Waals surface area contributed by atoms with Gasteiger partial charge >= 0.3 is 0 Å². The van der Waals surface area contributed by atoms with Gasteiger partial charge in [-0.25, -0.2) is 0 Å². The molecule has 0 saturated heterocycles. The summed E-state index contributed by atoms with van der Waals surface area (Å²) < 4.78 is 0. The van der Waals surface area contributed by atoms with Crippen molar-refractivity contribution in [2.24, 2.45) is 5.92 Å². The molecule has 1 aliphatic carbocycles. The second kappa shape index (κ2) is 8.65. The Kier molecular flexibility index (Phi) is 6.56. The summed E-state index contributed by atoms with van der Waals surface area (Å²) in [6.07, 6.45) is 5.07. The first kappa shape index (κ1) is 19.0. The Balaban J connectivity index is 1.88. The predicted molar refractivity (Wildman–Crippen MR) is 97.3 cm³/mol. The Morgan fingerprint density at radius 1 is 1.20 bits per heavy atom. The van der Waals surface area contributed by atoms with Gasteiger partial charge in [0.25, 0.3) is 5.91 Å². The molecule has 1 unspecified atom stereocenters. The van der Waals surface area contributed by atoms with Crippen molar-refractivity contribution in [3.05, 3.63) is 29.8 Å². The molecule has 1 aromatic rings. The number of amides is 3. The topological polar surface area (TPSA) is 78.5 Å². The van der Waals surface area contributed by atoms with Gasteiger partial charge < -0.3 is 15.5 Å². The number of nitrogens with zero attached hydrogens (tertiary/aromatic N) is 1. The van der Waals surface area contributed by atoms with E-state index in [1.807, 2.05) is 0 Å². The van der Waals surface area contributed by atoms with Gasteiger partial charge in [0.05, 0.1) is 0 Å². The lowest BCUT2D eigenvalue weighted by atomic mass is 10.0. The highest BCUT2D eigenvalue weighted by molar-refractivity contribution is 5.99. The van der Waals surface area contributed by atoms with Crippen LogP contribution in [0.1, 0.15) is 49.4 Å². The molecule has 0 bridgehead atoms. The summed E-state index contributed by atoms with van der Waals surface area (Å²) in [6, 6.07) is 6.15. The normalized spacial score (nSPS) is 15.5. The van der Waals surface area contributed by atoms with Crippen LogP contribution in [0, 0.1) is 5.92 Å².